The van der Waals surface area contributed by atoms with Crippen molar-refractivity contribution in [1.29, 1.82) is 0 Å². The Balaban J connectivity index is 2.60. The summed E-state index contributed by atoms with van der Waals surface area (Å²) in [5, 5.41) is 9.26. The van der Waals surface area contributed by atoms with E-state index in [1.54, 1.807) is 0 Å². The fourth-order valence-electron chi connectivity index (χ4n) is 1.19. The standard InChI is InChI=1S/C8H12O2/c1-3-7(9)8(2)5-4-6-10-8/h1,7,9H,4-6H2,2H3/t7-,8?/m1/s1. The van der Waals surface area contributed by atoms with E-state index in [0.717, 1.165) is 19.4 Å². The number of ether oxygens (including phenoxy) is 1. The molecule has 0 amide bonds. The lowest BCUT2D eigenvalue weighted by Crippen LogP contribution is -2.37. The minimum Gasteiger partial charge on any atom is -0.377 e. The number of aliphatic hydroxyl groups excluding tert-OH is 1. The highest BCUT2D eigenvalue weighted by molar-refractivity contribution is 5.05. The predicted molar refractivity (Wildman–Crippen MR) is 38.4 cm³/mol. The van der Waals surface area contributed by atoms with Gasteiger partial charge in [-0.2, -0.15) is 0 Å². The number of terminal acetylenes is 1. The lowest BCUT2D eigenvalue weighted by molar-refractivity contribution is -0.0527. The molecule has 2 nitrogen and oxygen atoms in total. The Labute approximate surface area is 61.2 Å². The zero-order chi connectivity index (χ0) is 7.61. The fourth-order valence-corrected chi connectivity index (χ4v) is 1.19. The van der Waals surface area contributed by atoms with Crippen LogP contribution in [0.4, 0.5) is 0 Å². The van der Waals surface area contributed by atoms with Crippen molar-refractivity contribution in [2.45, 2.75) is 31.5 Å². The largest absolute Gasteiger partial charge is 0.377 e. The molecule has 0 radical (unpaired) electrons. The maximum absolute atomic E-state index is 9.26. The molecule has 0 spiro atoms. The van der Waals surface area contributed by atoms with Crippen LogP contribution in [-0.4, -0.2) is 23.4 Å². The Kier molecular flexibility index (Phi) is 1.98. The van der Waals surface area contributed by atoms with Gasteiger partial charge in [-0.1, -0.05) is 5.92 Å². The lowest BCUT2D eigenvalue weighted by atomic mass is 9.96. The second-order valence-corrected chi connectivity index (χ2v) is 2.83. The molecule has 1 N–H and O–H groups in total. The molecule has 0 aliphatic carbocycles. The quantitative estimate of drug-likeness (QED) is 0.539. The van der Waals surface area contributed by atoms with Gasteiger partial charge in [-0.3, -0.25) is 0 Å². The summed E-state index contributed by atoms with van der Waals surface area (Å²) >= 11 is 0. The van der Waals surface area contributed by atoms with Gasteiger partial charge in [0.05, 0.1) is 0 Å². The SMILES string of the molecule is C#C[C@@H](O)C1(C)CCCO1. The summed E-state index contributed by atoms with van der Waals surface area (Å²) in [6.07, 6.45) is 6.16. The summed E-state index contributed by atoms with van der Waals surface area (Å²) in [6.45, 7) is 2.57. The molecule has 0 bridgehead atoms. The number of hydrogen-bond donors (Lipinski definition) is 1. The van der Waals surface area contributed by atoms with Crippen molar-refractivity contribution < 1.29 is 9.84 Å². The average molecular weight is 140 g/mol. The monoisotopic (exact) mass is 140 g/mol. The third-order valence-corrected chi connectivity index (χ3v) is 1.99. The summed E-state index contributed by atoms with van der Waals surface area (Å²) in [4.78, 5) is 0. The zero-order valence-corrected chi connectivity index (χ0v) is 6.13. The summed E-state index contributed by atoms with van der Waals surface area (Å²) in [6, 6.07) is 0. The van der Waals surface area contributed by atoms with Gasteiger partial charge in [0.25, 0.3) is 0 Å². The van der Waals surface area contributed by atoms with Gasteiger partial charge in [-0.05, 0) is 19.8 Å². The van der Waals surface area contributed by atoms with Crippen molar-refractivity contribution in [1.82, 2.24) is 0 Å². The second-order valence-electron chi connectivity index (χ2n) is 2.83. The molecule has 56 valence electrons. The van der Waals surface area contributed by atoms with Crippen molar-refractivity contribution >= 4 is 0 Å². The molecule has 0 aromatic carbocycles. The van der Waals surface area contributed by atoms with Gasteiger partial charge in [-0.15, -0.1) is 6.42 Å². The van der Waals surface area contributed by atoms with Crippen LogP contribution >= 0.6 is 0 Å². The first-order valence-corrected chi connectivity index (χ1v) is 3.47. The summed E-state index contributed by atoms with van der Waals surface area (Å²) in [5.74, 6) is 2.28. The van der Waals surface area contributed by atoms with Crippen LogP contribution in [-0.2, 0) is 4.74 Å². The second kappa shape index (κ2) is 2.61. The lowest BCUT2D eigenvalue weighted by Gasteiger charge is -2.25. The summed E-state index contributed by atoms with van der Waals surface area (Å²) < 4.78 is 5.30. The number of hydrogen-bond acceptors (Lipinski definition) is 2. The molecule has 2 atom stereocenters. The molecular formula is C8H12O2. The molecule has 1 rings (SSSR count). The number of rotatable bonds is 1. The Morgan fingerprint density at radius 3 is 2.90 bits per heavy atom. The van der Waals surface area contributed by atoms with Crippen LogP contribution in [0.15, 0.2) is 0 Å². The number of aliphatic hydroxyl groups is 1. The van der Waals surface area contributed by atoms with Crippen LogP contribution in [0.2, 0.25) is 0 Å². The molecule has 1 aliphatic rings. The van der Waals surface area contributed by atoms with E-state index >= 15 is 0 Å². The summed E-state index contributed by atoms with van der Waals surface area (Å²) in [7, 11) is 0. The van der Waals surface area contributed by atoms with E-state index in [0.29, 0.717) is 0 Å². The molecule has 1 heterocycles. The van der Waals surface area contributed by atoms with Crippen LogP contribution in [0, 0.1) is 12.3 Å². The molecule has 0 aromatic rings. The van der Waals surface area contributed by atoms with Gasteiger partial charge in [0, 0.05) is 6.61 Å². The van der Waals surface area contributed by atoms with Crippen molar-refractivity contribution in [3.05, 3.63) is 0 Å². The zero-order valence-electron chi connectivity index (χ0n) is 6.13. The molecule has 1 aliphatic heterocycles. The fraction of sp³-hybridized carbons (Fsp3) is 0.750. The smallest absolute Gasteiger partial charge is 0.142 e. The van der Waals surface area contributed by atoms with Crippen LogP contribution in [0.3, 0.4) is 0 Å². The first-order chi connectivity index (χ1) is 4.69. The third-order valence-electron chi connectivity index (χ3n) is 1.99. The third kappa shape index (κ3) is 1.16. The van der Waals surface area contributed by atoms with Crippen molar-refractivity contribution in [2.24, 2.45) is 0 Å². The van der Waals surface area contributed by atoms with E-state index < -0.39 is 11.7 Å². The highest BCUT2D eigenvalue weighted by atomic mass is 16.5. The topological polar surface area (TPSA) is 29.5 Å². The van der Waals surface area contributed by atoms with E-state index in [1.807, 2.05) is 6.92 Å². The van der Waals surface area contributed by atoms with Gasteiger partial charge in [0.15, 0.2) is 0 Å². The highest BCUT2D eigenvalue weighted by Gasteiger charge is 2.36. The van der Waals surface area contributed by atoms with Gasteiger partial charge < -0.3 is 9.84 Å². The van der Waals surface area contributed by atoms with Gasteiger partial charge >= 0.3 is 0 Å². The molecule has 1 saturated heterocycles. The molecular weight excluding hydrogens is 128 g/mol. The Morgan fingerprint density at radius 2 is 2.50 bits per heavy atom. The minimum absolute atomic E-state index is 0.477. The predicted octanol–water partition coefficient (Wildman–Crippen LogP) is 0.550. The van der Waals surface area contributed by atoms with Crippen molar-refractivity contribution in [2.75, 3.05) is 6.61 Å². The van der Waals surface area contributed by atoms with Crippen molar-refractivity contribution in [3.63, 3.8) is 0 Å². The Morgan fingerprint density at radius 1 is 1.80 bits per heavy atom. The first-order valence-electron chi connectivity index (χ1n) is 3.47. The highest BCUT2D eigenvalue weighted by Crippen LogP contribution is 2.27. The van der Waals surface area contributed by atoms with Crippen LogP contribution in [0.1, 0.15) is 19.8 Å². The van der Waals surface area contributed by atoms with Gasteiger partial charge in [-0.25, -0.2) is 0 Å². The molecule has 2 heteroatoms. The van der Waals surface area contributed by atoms with E-state index in [2.05, 4.69) is 5.92 Å². The van der Waals surface area contributed by atoms with Crippen LogP contribution in [0.5, 0.6) is 0 Å². The molecule has 0 aromatic heterocycles. The molecule has 1 fully saturated rings. The Bertz CT molecular complexity index is 151. The van der Waals surface area contributed by atoms with Gasteiger partial charge in [0.2, 0.25) is 0 Å². The van der Waals surface area contributed by atoms with Crippen LogP contribution in [0.25, 0.3) is 0 Å². The molecule has 0 saturated carbocycles. The first kappa shape index (κ1) is 7.59. The maximum Gasteiger partial charge on any atom is 0.142 e. The summed E-state index contributed by atoms with van der Waals surface area (Å²) in [5.41, 5.74) is -0.477. The van der Waals surface area contributed by atoms with Gasteiger partial charge in [0.1, 0.15) is 11.7 Å². The van der Waals surface area contributed by atoms with E-state index in [4.69, 9.17) is 11.2 Å². The van der Waals surface area contributed by atoms with Crippen molar-refractivity contribution in [3.8, 4) is 12.3 Å². The van der Waals surface area contributed by atoms with E-state index in [1.165, 1.54) is 0 Å². The molecule has 1 unspecified atom stereocenters. The van der Waals surface area contributed by atoms with E-state index in [-0.39, 0.29) is 0 Å². The van der Waals surface area contributed by atoms with E-state index in [9.17, 15) is 5.11 Å². The maximum atomic E-state index is 9.26. The average Bonchev–Trinajstić information content (AvgIpc) is 2.36. The minimum atomic E-state index is -0.755. The Hall–Kier alpha value is -0.520. The normalized spacial score (nSPS) is 35.3. The van der Waals surface area contributed by atoms with Crippen LogP contribution < -0.4 is 0 Å². The molecule has 10 heavy (non-hydrogen) atoms.